The van der Waals surface area contributed by atoms with Crippen molar-refractivity contribution in [3.8, 4) is 50.7 Å². The van der Waals surface area contributed by atoms with Crippen LogP contribution in [0.2, 0.25) is 0 Å². The maximum Gasteiger partial charge on any atom is 0.0963 e. The highest BCUT2D eigenvalue weighted by molar-refractivity contribution is 6.13. The average molecular weight is 804 g/mol. The van der Waals surface area contributed by atoms with Gasteiger partial charge < -0.3 is 13.7 Å². The first-order chi connectivity index (χ1) is 31.2. The third kappa shape index (κ3) is 5.57. The molecule has 13 aromatic rings. The van der Waals surface area contributed by atoms with Crippen molar-refractivity contribution >= 4 is 65.5 Å². The minimum atomic E-state index is 0.941. The Kier molecular flexibility index (Phi) is 7.84. The van der Waals surface area contributed by atoms with E-state index in [-0.39, 0.29) is 0 Å². The fourth-order valence-corrected chi connectivity index (χ4v) is 9.85. The zero-order valence-electron chi connectivity index (χ0n) is 34.1. The van der Waals surface area contributed by atoms with E-state index in [4.69, 9.17) is 9.97 Å². The molecule has 63 heavy (non-hydrogen) atoms. The van der Waals surface area contributed by atoms with E-state index in [0.29, 0.717) is 0 Å². The predicted octanol–water partition coefficient (Wildman–Crippen LogP) is 14.8. The number of hydrogen-bond donors (Lipinski definition) is 0. The molecule has 0 spiro atoms. The van der Waals surface area contributed by atoms with Gasteiger partial charge in [-0.05, 0) is 90.0 Å². The Balaban J connectivity index is 0.984. The van der Waals surface area contributed by atoms with Crippen LogP contribution in [0.25, 0.3) is 116 Å². The summed E-state index contributed by atoms with van der Waals surface area (Å²) >= 11 is 0. The molecule has 0 saturated carbocycles. The van der Waals surface area contributed by atoms with Gasteiger partial charge in [0.2, 0.25) is 0 Å². The third-order valence-electron chi connectivity index (χ3n) is 12.7. The molecular formula is C58H37N5. The van der Waals surface area contributed by atoms with Crippen LogP contribution in [0.15, 0.2) is 225 Å². The number of rotatable bonds is 6. The lowest BCUT2D eigenvalue weighted by Gasteiger charge is -2.14. The molecule has 5 heterocycles. The number of benzene rings is 8. The Morgan fingerprint density at radius 3 is 1.44 bits per heavy atom. The average Bonchev–Trinajstić information content (AvgIpc) is 4.00. The Hall–Kier alpha value is -8.54. The highest BCUT2D eigenvalue weighted by Gasteiger charge is 2.19. The maximum atomic E-state index is 5.19. The molecule has 294 valence electrons. The first-order valence-corrected chi connectivity index (χ1v) is 21.4. The Labute approximate surface area is 363 Å². The van der Waals surface area contributed by atoms with Crippen LogP contribution in [0.5, 0.6) is 0 Å². The van der Waals surface area contributed by atoms with Crippen LogP contribution in [0.3, 0.4) is 0 Å². The molecule has 5 heteroatoms. The molecule has 0 unspecified atom stereocenters. The maximum absolute atomic E-state index is 5.19. The van der Waals surface area contributed by atoms with Gasteiger partial charge in [0.25, 0.3) is 0 Å². The van der Waals surface area contributed by atoms with Crippen LogP contribution in [0, 0.1) is 0 Å². The van der Waals surface area contributed by atoms with Crippen molar-refractivity contribution in [3.05, 3.63) is 225 Å². The van der Waals surface area contributed by atoms with E-state index in [2.05, 4.69) is 226 Å². The van der Waals surface area contributed by atoms with Crippen LogP contribution in [0.1, 0.15) is 0 Å². The van der Waals surface area contributed by atoms with Crippen molar-refractivity contribution < 1.29 is 0 Å². The summed E-state index contributed by atoms with van der Waals surface area (Å²) in [6.45, 7) is 0. The standard InChI is InChI=1S/C58H37N5/c1-3-15-38(16-4-1)50-36-44(37-51(60-50)39-17-5-2-6-18-39)63-53-25-11-8-22-46(53)49-33-40(29-31-55(49)63)41-28-30-47-45-21-7-10-24-52(45)62(57(47)34-41)43-20-13-19-42(35-43)61-54-26-12-9-23-48(54)58-56(61)27-14-32-59-58/h1-37H. The lowest BCUT2D eigenvalue weighted by Crippen LogP contribution is -1.98. The molecule has 0 fully saturated rings. The highest BCUT2D eigenvalue weighted by Crippen LogP contribution is 2.40. The van der Waals surface area contributed by atoms with Gasteiger partial charge in [-0.3, -0.25) is 4.98 Å². The van der Waals surface area contributed by atoms with E-state index in [1.807, 2.05) is 12.3 Å². The predicted molar refractivity (Wildman–Crippen MR) is 261 cm³/mol. The molecule has 0 aliphatic carbocycles. The molecule has 5 nitrogen and oxygen atoms in total. The van der Waals surface area contributed by atoms with Crippen molar-refractivity contribution in [3.63, 3.8) is 0 Å². The van der Waals surface area contributed by atoms with Gasteiger partial charge in [0.05, 0.1) is 55.7 Å². The van der Waals surface area contributed by atoms with E-state index < -0.39 is 0 Å². The van der Waals surface area contributed by atoms with Crippen molar-refractivity contribution in [2.45, 2.75) is 0 Å². The molecule has 5 aromatic heterocycles. The summed E-state index contributed by atoms with van der Waals surface area (Å²) in [5.41, 5.74) is 17.5. The van der Waals surface area contributed by atoms with E-state index in [0.717, 1.165) is 83.6 Å². The van der Waals surface area contributed by atoms with Crippen LogP contribution in [-0.2, 0) is 0 Å². The van der Waals surface area contributed by atoms with Gasteiger partial charge in [-0.15, -0.1) is 0 Å². The molecule has 0 N–H and O–H groups in total. The summed E-state index contributed by atoms with van der Waals surface area (Å²) < 4.78 is 7.16. The lowest BCUT2D eigenvalue weighted by atomic mass is 10.0. The van der Waals surface area contributed by atoms with Crippen LogP contribution >= 0.6 is 0 Å². The number of nitrogens with zero attached hydrogens (tertiary/aromatic N) is 5. The topological polar surface area (TPSA) is 40.6 Å². The SMILES string of the molecule is c1ccc(-c2cc(-n3c4ccccc4c4cc(-c5ccc6c7ccccc7n(-c7cccc(-n8c9ccccc9c9ncccc98)c7)c6c5)ccc43)cc(-c3ccccc3)n2)cc1. The van der Waals surface area contributed by atoms with Crippen LogP contribution in [0.4, 0.5) is 0 Å². The van der Waals surface area contributed by atoms with Gasteiger partial charge in [0.1, 0.15) is 0 Å². The first-order valence-electron chi connectivity index (χ1n) is 21.4. The van der Waals surface area contributed by atoms with E-state index in [1.165, 1.54) is 32.6 Å². The van der Waals surface area contributed by atoms with Crippen molar-refractivity contribution in [2.75, 3.05) is 0 Å². The zero-order valence-corrected chi connectivity index (χ0v) is 34.1. The molecule has 0 saturated heterocycles. The molecule has 8 aromatic carbocycles. The summed E-state index contributed by atoms with van der Waals surface area (Å²) in [7, 11) is 0. The second kappa shape index (κ2) is 14.0. The molecule has 0 radical (unpaired) electrons. The van der Waals surface area contributed by atoms with Crippen LogP contribution in [-0.4, -0.2) is 23.7 Å². The van der Waals surface area contributed by atoms with Gasteiger partial charge >= 0.3 is 0 Å². The zero-order chi connectivity index (χ0) is 41.4. The highest BCUT2D eigenvalue weighted by atomic mass is 15.0. The van der Waals surface area contributed by atoms with Gasteiger partial charge in [-0.25, -0.2) is 4.98 Å². The minimum Gasteiger partial charge on any atom is -0.309 e. The Morgan fingerprint density at radius 1 is 0.270 bits per heavy atom. The smallest absolute Gasteiger partial charge is 0.0963 e. The Morgan fingerprint density at radius 2 is 0.762 bits per heavy atom. The minimum absolute atomic E-state index is 0.941. The summed E-state index contributed by atoms with van der Waals surface area (Å²) in [5.74, 6) is 0. The fourth-order valence-electron chi connectivity index (χ4n) is 9.85. The summed E-state index contributed by atoms with van der Waals surface area (Å²) in [6.07, 6.45) is 1.88. The number of pyridine rings is 2. The molecule has 0 atom stereocenters. The lowest BCUT2D eigenvalue weighted by molar-refractivity contribution is 1.13. The van der Waals surface area contributed by atoms with Gasteiger partial charge in [-0.1, -0.05) is 140 Å². The number of hydrogen-bond acceptors (Lipinski definition) is 2. The second-order valence-corrected chi connectivity index (χ2v) is 16.2. The van der Waals surface area contributed by atoms with Crippen molar-refractivity contribution in [1.82, 2.24) is 23.7 Å². The van der Waals surface area contributed by atoms with Crippen molar-refractivity contribution in [1.29, 1.82) is 0 Å². The molecule has 0 bridgehead atoms. The summed E-state index contributed by atoms with van der Waals surface area (Å²) in [5, 5.41) is 6.01. The van der Waals surface area contributed by atoms with E-state index in [9.17, 15) is 0 Å². The Bertz CT molecular complexity index is 3800. The van der Waals surface area contributed by atoms with Gasteiger partial charge in [-0.2, -0.15) is 0 Å². The van der Waals surface area contributed by atoms with Gasteiger partial charge in [0.15, 0.2) is 0 Å². The van der Waals surface area contributed by atoms with E-state index >= 15 is 0 Å². The van der Waals surface area contributed by atoms with E-state index in [1.54, 1.807) is 0 Å². The number of fused-ring (bicyclic) bond motifs is 9. The largest absolute Gasteiger partial charge is 0.309 e. The van der Waals surface area contributed by atoms with Crippen LogP contribution < -0.4 is 0 Å². The number of para-hydroxylation sites is 3. The molecule has 0 aliphatic rings. The monoisotopic (exact) mass is 803 g/mol. The third-order valence-corrected chi connectivity index (χ3v) is 12.7. The van der Waals surface area contributed by atoms with Crippen molar-refractivity contribution in [2.24, 2.45) is 0 Å². The fraction of sp³-hybridized carbons (Fsp3) is 0. The number of aromatic nitrogens is 5. The molecule has 0 aliphatic heterocycles. The van der Waals surface area contributed by atoms with Gasteiger partial charge in [0, 0.05) is 55.6 Å². The quantitative estimate of drug-likeness (QED) is 0.168. The molecule has 0 amide bonds. The molecule has 13 rings (SSSR count). The first kappa shape index (κ1) is 35.2. The summed E-state index contributed by atoms with van der Waals surface area (Å²) in [4.78, 5) is 9.99. The summed E-state index contributed by atoms with van der Waals surface area (Å²) in [6, 6.07) is 78.4. The second-order valence-electron chi connectivity index (χ2n) is 16.2. The normalized spacial score (nSPS) is 11.8. The molecular weight excluding hydrogens is 767 g/mol.